The predicted octanol–water partition coefficient (Wildman–Crippen LogP) is 3.92. The zero-order valence-electron chi connectivity index (χ0n) is 12.3. The van der Waals surface area contributed by atoms with Gasteiger partial charge in [0.1, 0.15) is 23.9 Å². The van der Waals surface area contributed by atoms with Crippen molar-refractivity contribution < 1.29 is 9.47 Å². The summed E-state index contributed by atoms with van der Waals surface area (Å²) in [6, 6.07) is 16.3. The molecule has 1 aliphatic heterocycles. The molecule has 0 radical (unpaired) electrons. The van der Waals surface area contributed by atoms with Crippen molar-refractivity contribution in [3.05, 3.63) is 54.1 Å². The van der Waals surface area contributed by atoms with Gasteiger partial charge in [0.25, 0.3) is 0 Å². The highest BCUT2D eigenvalue weighted by atomic mass is 16.5. The molecule has 1 atom stereocenters. The van der Waals surface area contributed by atoms with Crippen LogP contribution in [0.25, 0.3) is 0 Å². The maximum atomic E-state index is 5.80. The normalized spacial score (nSPS) is 17.7. The van der Waals surface area contributed by atoms with Gasteiger partial charge in [0, 0.05) is 6.04 Å². The summed E-state index contributed by atoms with van der Waals surface area (Å²) in [5, 5.41) is 3.43. The molecule has 0 amide bonds. The Labute approximate surface area is 125 Å². The monoisotopic (exact) mass is 283 g/mol. The third-order valence-electron chi connectivity index (χ3n) is 3.69. The van der Waals surface area contributed by atoms with E-state index in [2.05, 4.69) is 12.2 Å². The quantitative estimate of drug-likeness (QED) is 0.902. The van der Waals surface area contributed by atoms with Gasteiger partial charge in [-0.05, 0) is 62.7 Å². The molecule has 3 nitrogen and oxygen atoms in total. The Morgan fingerprint density at radius 1 is 0.952 bits per heavy atom. The molecule has 1 aliphatic rings. The molecule has 0 unspecified atom stereocenters. The number of rotatable bonds is 5. The van der Waals surface area contributed by atoms with E-state index < -0.39 is 0 Å². The van der Waals surface area contributed by atoms with Crippen molar-refractivity contribution in [1.82, 2.24) is 5.32 Å². The Bertz CT molecular complexity index is 557. The molecule has 110 valence electrons. The molecular weight excluding hydrogens is 262 g/mol. The molecular formula is C18H21NO2. The summed E-state index contributed by atoms with van der Waals surface area (Å²) in [5.41, 5.74) is 1.23. The highest BCUT2D eigenvalue weighted by Crippen LogP contribution is 2.24. The van der Waals surface area contributed by atoms with Crippen molar-refractivity contribution in [2.24, 2.45) is 0 Å². The molecule has 0 spiro atoms. The van der Waals surface area contributed by atoms with E-state index in [0.29, 0.717) is 6.04 Å². The second-order valence-electron chi connectivity index (χ2n) is 5.49. The summed E-state index contributed by atoms with van der Waals surface area (Å²) in [5.74, 6) is 2.56. The van der Waals surface area contributed by atoms with Crippen LogP contribution in [0.15, 0.2) is 48.5 Å². The lowest BCUT2D eigenvalue weighted by atomic mass is 10.2. The molecule has 1 fully saturated rings. The minimum absolute atomic E-state index is 0.494. The van der Waals surface area contributed by atoms with Crippen molar-refractivity contribution in [2.75, 3.05) is 13.2 Å². The van der Waals surface area contributed by atoms with E-state index in [9.17, 15) is 0 Å². The lowest BCUT2D eigenvalue weighted by Crippen LogP contribution is -2.28. The highest BCUT2D eigenvalue weighted by Gasteiger charge is 2.14. The lowest BCUT2D eigenvalue weighted by molar-refractivity contribution is 0.277. The van der Waals surface area contributed by atoms with E-state index in [4.69, 9.17) is 9.47 Å². The second kappa shape index (κ2) is 6.64. The number of aryl methyl sites for hydroxylation is 1. The first-order valence-electron chi connectivity index (χ1n) is 7.50. The SMILES string of the molecule is Cc1ccc(Oc2ccc(OC[C@H]3CCCN3)cc2)cc1. The summed E-state index contributed by atoms with van der Waals surface area (Å²) in [7, 11) is 0. The largest absolute Gasteiger partial charge is 0.492 e. The van der Waals surface area contributed by atoms with Gasteiger partial charge in [-0.15, -0.1) is 0 Å². The van der Waals surface area contributed by atoms with Gasteiger partial charge in [0.15, 0.2) is 0 Å². The summed E-state index contributed by atoms with van der Waals surface area (Å²) >= 11 is 0. The second-order valence-corrected chi connectivity index (χ2v) is 5.49. The molecule has 3 heteroatoms. The number of hydrogen-bond acceptors (Lipinski definition) is 3. The standard InChI is InChI=1S/C18H21NO2/c1-14-4-6-17(7-5-14)21-18-10-8-16(9-11-18)20-13-15-3-2-12-19-15/h4-11,15,19H,2-3,12-13H2,1H3/t15-/m1/s1. The minimum atomic E-state index is 0.494. The Hall–Kier alpha value is -2.00. The first-order chi connectivity index (χ1) is 10.3. The van der Waals surface area contributed by atoms with E-state index in [-0.39, 0.29) is 0 Å². The first-order valence-corrected chi connectivity index (χ1v) is 7.50. The minimum Gasteiger partial charge on any atom is -0.492 e. The van der Waals surface area contributed by atoms with Crippen molar-refractivity contribution >= 4 is 0 Å². The van der Waals surface area contributed by atoms with E-state index in [1.165, 1.54) is 18.4 Å². The molecule has 2 aromatic rings. The van der Waals surface area contributed by atoms with E-state index in [1.54, 1.807) is 0 Å². The fraction of sp³-hybridized carbons (Fsp3) is 0.333. The zero-order chi connectivity index (χ0) is 14.5. The number of nitrogens with one attached hydrogen (secondary N) is 1. The van der Waals surface area contributed by atoms with Crippen molar-refractivity contribution in [2.45, 2.75) is 25.8 Å². The smallest absolute Gasteiger partial charge is 0.127 e. The van der Waals surface area contributed by atoms with Crippen LogP contribution in [-0.4, -0.2) is 19.2 Å². The van der Waals surface area contributed by atoms with E-state index >= 15 is 0 Å². The third kappa shape index (κ3) is 3.99. The highest BCUT2D eigenvalue weighted by molar-refractivity contribution is 5.36. The Kier molecular flexibility index (Phi) is 4.41. The van der Waals surface area contributed by atoms with Crippen molar-refractivity contribution in [3.63, 3.8) is 0 Å². The van der Waals surface area contributed by atoms with Gasteiger partial charge >= 0.3 is 0 Å². The van der Waals surface area contributed by atoms with Crippen LogP contribution in [0.1, 0.15) is 18.4 Å². The fourth-order valence-corrected chi connectivity index (χ4v) is 2.44. The lowest BCUT2D eigenvalue weighted by Gasteiger charge is -2.12. The first kappa shape index (κ1) is 14.0. The van der Waals surface area contributed by atoms with E-state index in [0.717, 1.165) is 30.4 Å². The Morgan fingerprint density at radius 2 is 1.57 bits per heavy atom. The summed E-state index contributed by atoms with van der Waals surface area (Å²) in [4.78, 5) is 0. The van der Waals surface area contributed by atoms with Crippen LogP contribution in [0.4, 0.5) is 0 Å². The maximum absolute atomic E-state index is 5.80. The van der Waals surface area contributed by atoms with Crippen LogP contribution in [0.5, 0.6) is 17.2 Å². The summed E-state index contributed by atoms with van der Waals surface area (Å²) in [6.07, 6.45) is 2.45. The molecule has 1 N–H and O–H groups in total. The van der Waals surface area contributed by atoms with Crippen LogP contribution >= 0.6 is 0 Å². The Morgan fingerprint density at radius 3 is 2.19 bits per heavy atom. The van der Waals surface area contributed by atoms with Crippen molar-refractivity contribution in [3.8, 4) is 17.2 Å². The molecule has 3 rings (SSSR count). The fourth-order valence-electron chi connectivity index (χ4n) is 2.44. The summed E-state index contributed by atoms with van der Waals surface area (Å²) < 4.78 is 11.6. The molecule has 0 aliphatic carbocycles. The van der Waals surface area contributed by atoms with E-state index in [1.807, 2.05) is 48.5 Å². The predicted molar refractivity (Wildman–Crippen MR) is 84.2 cm³/mol. The number of ether oxygens (including phenoxy) is 2. The molecule has 0 saturated carbocycles. The van der Waals surface area contributed by atoms with Gasteiger partial charge in [-0.1, -0.05) is 17.7 Å². The molecule has 1 heterocycles. The molecule has 0 bridgehead atoms. The number of benzene rings is 2. The topological polar surface area (TPSA) is 30.5 Å². The van der Waals surface area contributed by atoms with Crippen LogP contribution in [0.2, 0.25) is 0 Å². The van der Waals surface area contributed by atoms with Gasteiger partial charge in [-0.25, -0.2) is 0 Å². The molecule has 21 heavy (non-hydrogen) atoms. The average molecular weight is 283 g/mol. The zero-order valence-corrected chi connectivity index (χ0v) is 12.3. The van der Waals surface area contributed by atoms with Crippen LogP contribution in [0, 0.1) is 6.92 Å². The van der Waals surface area contributed by atoms with Gasteiger partial charge in [-0.3, -0.25) is 0 Å². The molecule has 1 saturated heterocycles. The van der Waals surface area contributed by atoms with Crippen LogP contribution < -0.4 is 14.8 Å². The van der Waals surface area contributed by atoms with Crippen LogP contribution in [0.3, 0.4) is 0 Å². The maximum Gasteiger partial charge on any atom is 0.127 e. The Balaban J connectivity index is 1.54. The molecule has 0 aromatic heterocycles. The number of hydrogen-bond donors (Lipinski definition) is 1. The van der Waals surface area contributed by atoms with Crippen LogP contribution in [-0.2, 0) is 0 Å². The molecule has 2 aromatic carbocycles. The van der Waals surface area contributed by atoms with Gasteiger partial charge in [-0.2, -0.15) is 0 Å². The summed E-state index contributed by atoms with van der Waals surface area (Å²) in [6.45, 7) is 3.91. The third-order valence-corrected chi connectivity index (χ3v) is 3.69. The average Bonchev–Trinajstić information content (AvgIpc) is 3.02. The van der Waals surface area contributed by atoms with Crippen molar-refractivity contribution in [1.29, 1.82) is 0 Å². The van der Waals surface area contributed by atoms with Gasteiger partial charge in [0.2, 0.25) is 0 Å². The van der Waals surface area contributed by atoms with Gasteiger partial charge in [0.05, 0.1) is 0 Å². The van der Waals surface area contributed by atoms with Gasteiger partial charge < -0.3 is 14.8 Å².